The molecule has 6 nitrogen and oxygen atoms in total. The molecule has 0 bridgehead atoms. The van der Waals surface area contributed by atoms with Crippen molar-refractivity contribution >= 4 is 12.1 Å². The van der Waals surface area contributed by atoms with Gasteiger partial charge in [-0.2, -0.15) is 0 Å². The van der Waals surface area contributed by atoms with E-state index in [-0.39, 0.29) is 25.0 Å². The summed E-state index contributed by atoms with van der Waals surface area (Å²) >= 11 is 0. The molecule has 5 rings (SSSR count). The van der Waals surface area contributed by atoms with Gasteiger partial charge >= 0.3 is 12.1 Å². The van der Waals surface area contributed by atoms with Crippen molar-refractivity contribution in [3.05, 3.63) is 89.5 Å². The minimum Gasteiger partial charge on any atom is -0.494 e. The lowest BCUT2D eigenvalue weighted by Crippen LogP contribution is -2.31. The molecule has 1 aliphatic heterocycles. The molecule has 3 aromatic carbocycles. The number of nitrogens with zero attached hydrogens (tertiary/aromatic N) is 1. The maximum absolute atomic E-state index is 13.0. The number of aliphatic carboxylic acids is 1. The molecule has 0 unspecified atom stereocenters. The Hall–Kier alpha value is -3.80. The predicted molar refractivity (Wildman–Crippen MR) is 128 cm³/mol. The molecule has 1 fully saturated rings. The highest BCUT2D eigenvalue weighted by Crippen LogP contribution is 2.44. The van der Waals surface area contributed by atoms with Crippen molar-refractivity contribution in [2.45, 2.75) is 18.8 Å². The average Bonchev–Trinajstić information content (AvgIpc) is 3.44. The van der Waals surface area contributed by atoms with Gasteiger partial charge in [-0.3, -0.25) is 4.79 Å². The average molecular weight is 458 g/mol. The van der Waals surface area contributed by atoms with Gasteiger partial charge in [0.1, 0.15) is 12.4 Å². The summed E-state index contributed by atoms with van der Waals surface area (Å²) in [6, 6.07) is 23.8. The number of hydrogen-bond donors (Lipinski definition) is 1. The molecule has 174 valence electrons. The monoisotopic (exact) mass is 457 g/mol. The first-order chi connectivity index (χ1) is 16.6. The minimum absolute atomic E-state index is 0.0344. The number of fused-ring (bicyclic) bond motifs is 3. The standard InChI is InChI=1S/C28H27NO5/c1-2-33-19-9-7-8-18(14-19)24-15-29(16-25(24)27(30)31)28(32)34-17-26-22-12-5-3-10-20(22)21-11-4-6-13-23(21)26/h3-14,24-26H,2,15-17H2,1H3,(H,30,31)/t24-,25+/m0/s1. The van der Waals surface area contributed by atoms with Crippen molar-refractivity contribution in [2.75, 3.05) is 26.3 Å². The first-order valence-corrected chi connectivity index (χ1v) is 11.6. The second-order valence-corrected chi connectivity index (χ2v) is 8.77. The first-order valence-electron chi connectivity index (χ1n) is 11.6. The third-order valence-electron chi connectivity index (χ3n) is 6.83. The number of benzene rings is 3. The third kappa shape index (κ3) is 4.00. The van der Waals surface area contributed by atoms with Gasteiger partial charge in [-0.05, 0) is 46.9 Å². The lowest BCUT2D eigenvalue weighted by molar-refractivity contribution is -0.141. The number of carboxylic acids is 1. The summed E-state index contributed by atoms with van der Waals surface area (Å²) in [6.45, 7) is 3.06. The molecule has 3 aromatic rings. The Balaban J connectivity index is 1.31. The molecule has 1 N–H and O–H groups in total. The predicted octanol–water partition coefficient (Wildman–Crippen LogP) is 5.13. The number of hydrogen-bond acceptors (Lipinski definition) is 4. The lowest BCUT2D eigenvalue weighted by Gasteiger charge is -2.19. The van der Waals surface area contributed by atoms with Crippen molar-refractivity contribution in [1.29, 1.82) is 0 Å². The zero-order valence-electron chi connectivity index (χ0n) is 19.0. The third-order valence-corrected chi connectivity index (χ3v) is 6.83. The van der Waals surface area contributed by atoms with Crippen LogP contribution in [-0.4, -0.2) is 48.4 Å². The van der Waals surface area contributed by atoms with E-state index >= 15 is 0 Å². The summed E-state index contributed by atoms with van der Waals surface area (Å²) < 4.78 is 11.3. The van der Waals surface area contributed by atoms with Crippen LogP contribution in [-0.2, 0) is 9.53 Å². The van der Waals surface area contributed by atoms with Crippen molar-refractivity contribution in [1.82, 2.24) is 4.90 Å². The van der Waals surface area contributed by atoms with E-state index in [4.69, 9.17) is 9.47 Å². The number of carbonyl (C=O) groups is 2. The second kappa shape index (κ2) is 9.21. The molecule has 2 aliphatic rings. The van der Waals surface area contributed by atoms with Gasteiger partial charge in [0.15, 0.2) is 0 Å². The van der Waals surface area contributed by atoms with Gasteiger partial charge in [0.2, 0.25) is 0 Å². The van der Waals surface area contributed by atoms with Crippen LogP contribution >= 0.6 is 0 Å². The molecule has 2 atom stereocenters. The molecule has 34 heavy (non-hydrogen) atoms. The van der Waals surface area contributed by atoms with E-state index in [1.807, 2.05) is 55.5 Å². The van der Waals surface area contributed by atoms with Crippen LogP contribution in [0, 0.1) is 5.92 Å². The summed E-state index contributed by atoms with van der Waals surface area (Å²) in [5.74, 6) is -1.27. The summed E-state index contributed by atoms with van der Waals surface area (Å²) in [5, 5.41) is 9.83. The summed E-state index contributed by atoms with van der Waals surface area (Å²) in [6.07, 6.45) is -0.475. The molecule has 0 spiro atoms. The van der Waals surface area contributed by atoms with Crippen LogP contribution in [0.4, 0.5) is 4.79 Å². The Morgan fingerprint density at radius 3 is 2.26 bits per heavy atom. The lowest BCUT2D eigenvalue weighted by atomic mass is 9.89. The van der Waals surface area contributed by atoms with Gasteiger partial charge in [0.05, 0.1) is 12.5 Å². The number of ether oxygens (including phenoxy) is 2. The van der Waals surface area contributed by atoms with E-state index in [1.165, 1.54) is 16.0 Å². The van der Waals surface area contributed by atoms with Gasteiger partial charge in [0, 0.05) is 24.9 Å². The van der Waals surface area contributed by atoms with Crippen LogP contribution < -0.4 is 4.74 Å². The highest BCUT2D eigenvalue weighted by atomic mass is 16.6. The van der Waals surface area contributed by atoms with Crippen molar-refractivity contribution in [3.8, 4) is 16.9 Å². The Kier molecular flexibility index (Phi) is 5.97. The Bertz CT molecular complexity index is 1180. The van der Waals surface area contributed by atoms with Gasteiger partial charge in [-0.25, -0.2) is 4.79 Å². The van der Waals surface area contributed by atoms with Crippen LogP contribution in [0.3, 0.4) is 0 Å². The van der Waals surface area contributed by atoms with E-state index in [0.717, 1.165) is 16.7 Å². The maximum atomic E-state index is 13.0. The quantitative estimate of drug-likeness (QED) is 0.555. The van der Waals surface area contributed by atoms with E-state index < -0.39 is 18.0 Å². The zero-order valence-corrected chi connectivity index (χ0v) is 19.0. The van der Waals surface area contributed by atoms with Gasteiger partial charge < -0.3 is 19.5 Å². The van der Waals surface area contributed by atoms with Gasteiger partial charge in [0.25, 0.3) is 0 Å². The van der Waals surface area contributed by atoms with Crippen molar-refractivity contribution in [3.63, 3.8) is 0 Å². The largest absolute Gasteiger partial charge is 0.494 e. The van der Waals surface area contributed by atoms with Gasteiger partial charge in [-0.15, -0.1) is 0 Å². The van der Waals surface area contributed by atoms with Crippen LogP contribution in [0.15, 0.2) is 72.8 Å². The molecule has 0 radical (unpaired) electrons. The molecule has 1 heterocycles. The fourth-order valence-corrected chi connectivity index (χ4v) is 5.23. The molecule has 1 aliphatic carbocycles. The molecule has 6 heteroatoms. The smallest absolute Gasteiger partial charge is 0.409 e. The number of carboxylic acid groups (broad SMARTS) is 1. The van der Waals surface area contributed by atoms with Crippen molar-refractivity contribution < 1.29 is 24.2 Å². The SMILES string of the molecule is CCOc1cccc([C@@H]2CN(C(=O)OCC3c4ccccc4-c4ccccc43)C[C@H]2C(=O)O)c1. The fraction of sp³-hybridized carbons (Fsp3) is 0.286. The van der Waals surface area contributed by atoms with E-state index in [0.29, 0.717) is 18.9 Å². The Labute approximate surface area is 198 Å². The molecule has 1 saturated heterocycles. The summed E-state index contributed by atoms with van der Waals surface area (Å²) in [5.41, 5.74) is 5.48. The van der Waals surface area contributed by atoms with Crippen molar-refractivity contribution in [2.24, 2.45) is 5.92 Å². The highest BCUT2D eigenvalue weighted by molar-refractivity contribution is 5.79. The van der Waals surface area contributed by atoms with E-state index in [2.05, 4.69) is 24.3 Å². The first kappa shape index (κ1) is 22.0. The number of carbonyl (C=O) groups excluding carboxylic acids is 1. The van der Waals surface area contributed by atoms with E-state index in [9.17, 15) is 14.7 Å². The topological polar surface area (TPSA) is 76.1 Å². The number of amides is 1. The van der Waals surface area contributed by atoms with Gasteiger partial charge in [-0.1, -0.05) is 60.7 Å². The van der Waals surface area contributed by atoms with Crippen LogP contribution in [0.1, 0.15) is 35.4 Å². The molecular weight excluding hydrogens is 430 g/mol. The summed E-state index contributed by atoms with van der Waals surface area (Å²) in [7, 11) is 0. The van der Waals surface area contributed by atoms with Crippen LogP contribution in [0.2, 0.25) is 0 Å². The molecule has 0 saturated carbocycles. The number of likely N-dealkylation sites (tertiary alicyclic amines) is 1. The molecule has 0 aromatic heterocycles. The zero-order chi connectivity index (χ0) is 23.7. The fourth-order valence-electron chi connectivity index (χ4n) is 5.23. The highest BCUT2D eigenvalue weighted by Gasteiger charge is 2.41. The molecular formula is C28H27NO5. The van der Waals surface area contributed by atoms with E-state index in [1.54, 1.807) is 0 Å². The Morgan fingerprint density at radius 2 is 1.62 bits per heavy atom. The normalized spacial score (nSPS) is 18.9. The minimum atomic E-state index is -0.916. The Morgan fingerprint density at radius 1 is 0.941 bits per heavy atom. The number of rotatable bonds is 6. The molecule has 1 amide bonds. The second-order valence-electron chi connectivity index (χ2n) is 8.77. The summed E-state index contributed by atoms with van der Waals surface area (Å²) in [4.78, 5) is 26.5. The van der Waals surface area contributed by atoms with Crippen LogP contribution in [0.5, 0.6) is 5.75 Å². The van der Waals surface area contributed by atoms with Crippen LogP contribution in [0.25, 0.3) is 11.1 Å². The maximum Gasteiger partial charge on any atom is 0.409 e.